The molecule has 0 saturated heterocycles. The largest absolute Gasteiger partial charge is 0.486 e. The maximum Gasteiger partial charge on any atom is 0.261 e. The minimum atomic E-state index is -1.09. The Balaban J connectivity index is 1.30. The van der Waals surface area contributed by atoms with Crippen LogP contribution in [0.15, 0.2) is 36.4 Å². The predicted molar refractivity (Wildman–Crippen MR) is 109 cm³/mol. The van der Waals surface area contributed by atoms with Gasteiger partial charge < -0.3 is 9.64 Å². The molecular weight excluding hydrogens is 406 g/mol. The molecule has 0 unspecified atom stereocenters. The van der Waals surface area contributed by atoms with Gasteiger partial charge in [0.05, 0.1) is 22.9 Å². The van der Waals surface area contributed by atoms with Crippen molar-refractivity contribution in [1.82, 2.24) is 4.90 Å². The Morgan fingerprint density at radius 2 is 1.71 bits per heavy atom. The number of rotatable bonds is 6. The van der Waals surface area contributed by atoms with Gasteiger partial charge in [0, 0.05) is 13.0 Å². The molecule has 162 valence electrons. The second-order valence-electron chi connectivity index (χ2n) is 7.75. The van der Waals surface area contributed by atoms with Crippen LogP contribution in [-0.4, -0.2) is 41.8 Å². The van der Waals surface area contributed by atoms with E-state index in [1.807, 2.05) is 0 Å². The summed E-state index contributed by atoms with van der Waals surface area (Å²) < 4.78 is 32.8. The molecule has 8 heteroatoms. The van der Waals surface area contributed by atoms with Crippen LogP contribution in [0.1, 0.15) is 53.3 Å². The predicted octanol–water partition coefficient (Wildman–Crippen LogP) is 3.94. The lowest BCUT2D eigenvalue weighted by molar-refractivity contribution is -0.119. The van der Waals surface area contributed by atoms with Gasteiger partial charge in [-0.2, -0.15) is 4.39 Å². The first-order chi connectivity index (χ1) is 14.9. The zero-order chi connectivity index (χ0) is 22.1. The van der Waals surface area contributed by atoms with Crippen molar-refractivity contribution in [1.29, 1.82) is 0 Å². The van der Waals surface area contributed by atoms with Gasteiger partial charge in [-0.1, -0.05) is 18.6 Å². The van der Waals surface area contributed by atoms with Crippen molar-refractivity contribution in [2.75, 3.05) is 18.1 Å². The molecule has 4 rings (SSSR count). The van der Waals surface area contributed by atoms with Crippen LogP contribution in [0.5, 0.6) is 5.75 Å². The first kappa shape index (κ1) is 21.0. The van der Waals surface area contributed by atoms with Gasteiger partial charge in [0.1, 0.15) is 6.61 Å². The summed E-state index contributed by atoms with van der Waals surface area (Å²) in [6.45, 7) is 2.16. The maximum absolute atomic E-state index is 14.0. The van der Waals surface area contributed by atoms with Crippen LogP contribution < -0.4 is 9.64 Å². The number of carbonyl (C=O) groups excluding carboxylic acids is 3. The van der Waals surface area contributed by atoms with Crippen LogP contribution in [0.25, 0.3) is 0 Å². The smallest absolute Gasteiger partial charge is 0.261 e. The van der Waals surface area contributed by atoms with Gasteiger partial charge in [-0.3, -0.25) is 19.3 Å². The topological polar surface area (TPSA) is 66.9 Å². The quantitative estimate of drug-likeness (QED) is 0.517. The molecule has 0 bridgehead atoms. The van der Waals surface area contributed by atoms with Gasteiger partial charge in [-0.15, -0.1) is 0 Å². The molecule has 1 atom stereocenters. The normalized spacial score (nSPS) is 17.5. The molecule has 0 N–H and O–H groups in total. The minimum absolute atomic E-state index is 0.0822. The van der Waals surface area contributed by atoms with Crippen LogP contribution in [0.2, 0.25) is 0 Å². The van der Waals surface area contributed by atoms with Gasteiger partial charge in [0.15, 0.2) is 11.6 Å². The lowest BCUT2D eigenvalue weighted by Crippen LogP contribution is -2.45. The number of hydrogen-bond donors (Lipinski definition) is 0. The summed E-state index contributed by atoms with van der Waals surface area (Å²) in [5, 5.41) is 0. The highest BCUT2D eigenvalue weighted by molar-refractivity contribution is 6.21. The fraction of sp³-hybridized carbons (Fsp3) is 0.348. The molecule has 2 heterocycles. The van der Waals surface area contributed by atoms with Gasteiger partial charge in [-0.05, 0) is 44.0 Å². The zero-order valence-electron chi connectivity index (χ0n) is 17.1. The Morgan fingerprint density at radius 3 is 2.39 bits per heavy atom. The molecule has 0 aromatic heterocycles. The highest BCUT2D eigenvalue weighted by Crippen LogP contribution is 2.37. The Kier molecular flexibility index (Phi) is 5.71. The minimum Gasteiger partial charge on any atom is -0.486 e. The van der Waals surface area contributed by atoms with Gasteiger partial charge in [-0.25, -0.2) is 4.39 Å². The van der Waals surface area contributed by atoms with E-state index in [-0.39, 0.29) is 48.2 Å². The summed E-state index contributed by atoms with van der Waals surface area (Å²) in [6, 6.07) is 8.77. The third-order valence-electron chi connectivity index (χ3n) is 5.62. The van der Waals surface area contributed by atoms with E-state index in [2.05, 4.69) is 0 Å². The lowest BCUT2D eigenvalue weighted by Gasteiger charge is -2.35. The Morgan fingerprint density at radius 1 is 1.03 bits per heavy atom. The number of fused-ring (bicyclic) bond motifs is 2. The summed E-state index contributed by atoms with van der Waals surface area (Å²) in [4.78, 5) is 40.2. The number of halogens is 2. The number of benzene rings is 2. The standard InChI is InChI=1S/C23H22F2N2O4/c1-14-13-31-21-18(11-10-17(24)20(21)25)27(14)19(28)9-3-2-6-12-26-22(29)15-7-4-5-8-16(15)23(26)30/h4-5,7-8,10-11,14H,2-3,6,9,12-13H2,1H3/t14-/m1/s1. The first-order valence-electron chi connectivity index (χ1n) is 10.3. The van der Waals surface area contributed by atoms with Crippen molar-refractivity contribution in [3.8, 4) is 5.75 Å². The molecule has 3 amide bonds. The zero-order valence-corrected chi connectivity index (χ0v) is 17.1. The van der Waals surface area contributed by atoms with Crippen molar-refractivity contribution >= 4 is 23.4 Å². The molecule has 2 aromatic rings. The van der Waals surface area contributed by atoms with Gasteiger partial charge >= 0.3 is 0 Å². The van der Waals surface area contributed by atoms with E-state index >= 15 is 0 Å². The Bertz CT molecular complexity index is 1020. The van der Waals surface area contributed by atoms with Crippen molar-refractivity contribution in [3.05, 3.63) is 59.2 Å². The summed E-state index contributed by atoms with van der Waals surface area (Å²) in [5.74, 6) is -3.13. The van der Waals surface area contributed by atoms with Gasteiger partial charge in [0.2, 0.25) is 11.7 Å². The fourth-order valence-corrected chi connectivity index (χ4v) is 4.03. The molecule has 0 spiro atoms. The van der Waals surface area contributed by atoms with E-state index in [0.29, 0.717) is 36.9 Å². The van der Waals surface area contributed by atoms with E-state index in [0.717, 1.165) is 6.07 Å². The number of imide groups is 1. The monoisotopic (exact) mass is 428 g/mol. The van der Waals surface area contributed by atoms with Crippen LogP contribution in [0, 0.1) is 11.6 Å². The first-order valence-corrected chi connectivity index (χ1v) is 10.3. The van der Waals surface area contributed by atoms with Crippen LogP contribution in [0.4, 0.5) is 14.5 Å². The SMILES string of the molecule is C[C@@H]1COc2c(ccc(F)c2F)N1C(=O)CCCCCN1C(=O)c2ccccc2C1=O. The van der Waals surface area contributed by atoms with E-state index in [1.54, 1.807) is 31.2 Å². The van der Waals surface area contributed by atoms with Gasteiger partial charge in [0.25, 0.3) is 11.8 Å². The fourth-order valence-electron chi connectivity index (χ4n) is 4.03. The average Bonchev–Trinajstić information content (AvgIpc) is 3.01. The van der Waals surface area contributed by atoms with E-state index < -0.39 is 11.6 Å². The molecular formula is C23H22F2N2O4. The third kappa shape index (κ3) is 3.78. The van der Waals surface area contributed by atoms with Crippen LogP contribution >= 0.6 is 0 Å². The second kappa shape index (κ2) is 8.45. The molecule has 31 heavy (non-hydrogen) atoms. The van der Waals surface area contributed by atoms with Crippen LogP contribution in [-0.2, 0) is 4.79 Å². The average molecular weight is 428 g/mol. The van der Waals surface area contributed by atoms with Crippen LogP contribution in [0.3, 0.4) is 0 Å². The van der Waals surface area contributed by atoms with Crippen molar-refractivity contribution < 1.29 is 27.9 Å². The summed E-state index contributed by atoms with van der Waals surface area (Å²) in [5.41, 5.74) is 1.08. The molecule has 0 radical (unpaired) electrons. The lowest BCUT2D eigenvalue weighted by atomic mass is 10.1. The number of unbranched alkanes of at least 4 members (excludes halogenated alkanes) is 2. The Labute approximate surface area is 178 Å². The van der Waals surface area contributed by atoms with Crippen molar-refractivity contribution in [2.45, 2.75) is 38.6 Å². The number of carbonyl (C=O) groups is 3. The molecule has 0 aliphatic carbocycles. The van der Waals surface area contributed by atoms with Crippen molar-refractivity contribution in [3.63, 3.8) is 0 Å². The molecule has 2 aliphatic heterocycles. The number of anilines is 1. The molecule has 0 fully saturated rings. The number of hydrogen-bond acceptors (Lipinski definition) is 4. The van der Waals surface area contributed by atoms with E-state index in [4.69, 9.17) is 4.74 Å². The molecule has 0 saturated carbocycles. The summed E-state index contributed by atoms with van der Waals surface area (Å²) >= 11 is 0. The molecule has 2 aliphatic rings. The summed E-state index contributed by atoms with van der Waals surface area (Å²) in [7, 11) is 0. The second-order valence-corrected chi connectivity index (χ2v) is 7.75. The number of ether oxygens (including phenoxy) is 1. The Hall–Kier alpha value is -3.29. The van der Waals surface area contributed by atoms with E-state index in [1.165, 1.54) is 15.9 Å². The molecule has 6 nitrogen and oxygen atoms in total. The molecule has 2 aromatic carbocycles. The highest BCUT2D eigenvalue weighted by atomic mass is 19.2. The van der Waals surface area contributed by atoms with E-state index in [9.17, 15) is 23.2 Å². The number of nitrogens with zero attached hydrogens (tertiary/aromatic N) is 2. The highest BCUT2D eigenvalue weighted by Gasteiger charge is 2.35. The summed E-state index contributed by atoms with van der Waals surface area (Å²) in [6.07, 6.45) is 1.98. The number of amides is 3. The maximum atomic E-state index is 14.0. The van der Waals surface area contributed by atoms with Crippen molar-refractivity contribution in [2.24, 2.45) is 0 Å². The third-order valence-corrected chi connectivity index (χ3v) is 5.62.